The van der Waals surface area contributed by atoms with Crippen LogP contribution in [0.5, 0.6) is 0 Å². The van der Waals surface area contributed by atoms with Crippen LogP contribution in [0.3, 0.4) is 0 Å². The van der Waals surface area contributed by atoms with Crippen LogP contribution in [0.4, 0.5) is 8.78 Å². The molecule has 0 aliphatic carbocycles. The Morgan fingerprint density at radius 3 is 2.05 bits per heavy atom. The number of aromatic nitrogens is 2. The number of carboxylic acids is 1. The zero-order valence-electron chi connectivity index (χ0n) is 24.2. The number of nitrogens with zero attached hydrogens (tertiary/aromatic N) is 2. The highest BCUT2D eigenvalue weighted by Crippen LogP contribution is 2.42. The quantitative estimate of drug-likeness (QED) is 0.162. The van der Waals surface area contributed by atoms with Crippen molar-refractivity contribution in [2.45, 2.75) is 71.2 Å². The van der Waals surface area contributed by atoms with Crippen LogP contribution < -0.4 is 5.32 Å². The molecule has 9 nitrogen and oxygen atoms in total. The van der Waals surface area contributed by atoms with Crippen LogP contribution in [-0.4, -0.2) is 49.1 Å². The molecule has 0 aliphatic heterocycles. The van der Waals surface area contributed by atoms with Gasteiger partial charge in [-0.2, -0.15) is 0 Å². The standard InChI is InChI=1S/C32H35F2N3O6/c1-18(2)37-27(13-12-25(38)15-26(39)16-28(40)41)29(20-4-8-22(33)9-5-20)30(21-6-10-23(34)11-7-21)31(37)32(42)35-17-24-14-19(3)43-36-24/h4-11,14,18,25-26,38-39H,12-13,15-17H2,1-3H3,(H,35,42)(H,40,41)/t25-,26-/m1/s1. The Morgan fingerprint density at radius 1 is 0.953 bits per heavy atom. The second-order valence-corrected chi connectivity index (χ2v) is 10.8. The number of carboxylic acid groups (broad SMARTS) is 1. The number of nitrogens with one attached hydrogen (secondary N) is 1. The summed E-state index contributed by atoms with van der Waals surface area (Å²) in [6, 6.07) is 13.0. The Morgan fingerprint density at radius 2 is 1.53 bits per heavy atom. The first-order chi connectivity index (χ1) is 20.4. The minimum atomic E-state index is -1.22. The van der Waals surface area contributed by atoms with Crippen LogP contribution in [0.2, 0.25) is 0 Å². The van der Waals surface area contributed by atoms with E-state index in [0.717, 1.165) is 0 Å². The van der Waals surface area contributed by atoms with Gasteiger partial charge in [0.15, 0.2) is 0 Å². The van der Waals surface area contributed by atoms with Crippen LogP contribution >= 0.6 is 0 Å². The second-order valence-electron chi connectivity index (χ2n) is 10.8. The van der Waals surface area contributed by atoms with E-state index in [1.807, 2.05) is 18.4 Å². The minimum Gasteiger partial charge on any atom is -0.481 e. The average Bonchev–Trinajstić information content (AvgIpc) is 3.52. The number of carbonyl (C=O) groups excluding carboxylic acids is 1. The first kappa shape index (κ1) is 31.6. The van der Waals surface area contributed by atoms with Gasteiger partial charge in [0.2, 0.25) is 0 Å². The van der Waals surface area contributed by atoms with E-state index in [0.29, 0.717) is 39.4 Å². The van der Waals surface area contributed by atoms with Gasteiger partial charge in [0.25, 0.3) is 5.91 Å². The Hall–Kier alpha value is -4.35. The summed E-state index contributed by atoms with van der Waals surface area (Å²) >= 11 is 0. The molecule has 0 aliphatic rings. The van der Waals surface area contributed by atoms with Crippen molar-refractivity contribution in [1.29, 1.82) is 0 Å². The zero-order chi connectivity index (χ0) is 31.3. The van der Waals surface area contributed by atoms with Crippen molar-refractivity contribution in [3.05, 3.63) is 89.1 Å². The van der Waals surface area contributed by atoms with Crippen LogP contribution in [-0.2, 0) is 17.8 Å². The molecular formula is C32H35F2N3O6. The summed E-state index contributed by atoms with van der Waals surface area (Å²) in [5.74, 6) is -1.91. The highest BCUT2D eigenvalue weighted by Gasteiger charge is 2.30. The first-order valence-corrected chi connectivity index (χ1v) is 14.0. The van der Waals surface area contributed by atoms with Crippen molar-refractivity contribution in [1.82, 2.24) is 15.0 Å². The number of aryl methyl sites for hydroxylation is 1. The molecule has 0 radical (unpaired) electrons. The summed E-state index contributed by atoms with van der Waals surface area (Å²) in [6.07, 6.45) is -2.52. The third kappa shape index (κ3) is 7.74. The van der Waals surface area contributed by atoms with Gasteiger partial charge in [-0.05, 0) is 75.4 Å². The summed E-state index contributed by atoms with van der Waals surface area (Å²) < 4.78 is 35.0. The zero-order valence-corrected chi connectivity index (χ0v) is 24.2. The maximum atomic E-state index is 14.0. The first-order valence-electron chi connectivity index (χ1n) is 14.0. The molecule has 43 heavy (non-hydrogen) atoms. The normalized spacial score (nSPS) is 12.8. The Labute approximate surface area is 247 Å². The summed E-state index contributed by atoms with van der Waals surface area (Å²) in [5, 5.41) is 36.6. The van der Waals surface area contributed by atoms with Gasteiger partial charge in [0.1, 0.15) is 28.8 Å². The molecule has 2 atom stereocenters. The van der Waals surface area contributed by atoms with Crippen LogP contribution in [0.1, 0.15) is 66.8 Å². The summed E-state index contributed by atoms with van der Waals surface area (Å²) in [4.78, 5) is 25.0. The number of amides is 1. The molecule has 2 aromatic carbocycles. The number of halogens is 2. The molecule has 4 N–H and O–H groups in total. The van der Waals surface area contributed by atoms with Crippen molar-refractivity contribution in [3.63, 3.8) is 0 Å². The predicted molar refractivity (Wildman–Crippen MR) is 155 cm³/mol. The van der Waals surface area contributed by atoms with Crippen molar-refractivity contribution in [2.24, 2.45) is 0 Å². The number of rotatable bonds is 13. The highest BCUT2D eigenvalue weighted by molar-refractivity contribution is 6.05. The number of carbonyl (C=O) groups is 2. The van der Waals surface area contributed by atoms with Gasteiger partial charge < -0.3 is 29.7 Å². The Kier molecular flexibility index (Phi) is 10.1. The molecule has 0 bridgehead atoms. The van der Waals surface area contributed by atoms with Crippen LogP contribution in [0.15, 0.2) is 59.1 Å². The SMILES string of the molecule is Cc1cc(CNC(=O)c2c(-c3ccc(F)cc3)c(-c3ccc(F)cc3)c(CC[C@@H](O)C[C@@H](O)CC(=O)O)n2C(C)C)no1. The average molecular weight is 596 g/mol. The van der Waals surface area contributed by atoms with E-state index in [4.69, 9.17) is 9.63 Å². The smallest absolute Gasteiger partial charge is 0.305 e. The fraction of sp³-hybridized carbons (Fsp3) is 0.344. The minimum absolute atomic E-state index is 0.0870. The van der Waals surface area contributed by atoms with E-state index in [-0.39, 0.29) is 37.5 Å². The lowest BCUT2D eigenvalue weighted by Gasteiger charge is -2.20. The molecule has 0 spiro atoms. The largest absolute Gasteiger partial charge is 0.481 e. The second kappa shape index (κ2) is 13.7. The molecule has 0 saturated carbocycles. The van der Waals surface area contributed by atoms with Gasteiger partial charge >= 0.3 is 5.97 Å². The monoisotopic (exact) mass is 595 g/mol. The van der Waals surface area contributed by atoms with Gasteiger partial charge in [-0.1, -0.05) is 29.4 Å². The molecule has 2 aromatic heterocycles. The van der Waals surface area contributed by atoms with Crippen LogP contribution in [0.25, 0.3) is 22.3 Å². The van der Waals surface area contributed by atoms with Crippen molar-refractivity contribution in [2.75, 3.05) is 0 Å². The van der Waals surface area contributed by atoms with E-state index in [9.17, 15) is 28.6 Å². The molecule has 11 heteroatoms. The lowest BCUT2D eigenvalue weighted by Crippen LogP contribution is -2.27. The third-order valence-electron chi connectivity index (χ3n) is 7.08. The molecule has 0 unspecified atom stereocenters. The molecule has 228 valence electrons. The summed E-state index contributed by atoms with van der Waals surface area (Å²) in [5.41, 5.74) is 3.76. The van der Waals surface area contributed by atoms with Gasteiger partial charge in [-0.25, -0.2) is 8.78 Å². The van der Waals surface area contributed by atoms with Gasteiger partial charge in [-0.15, -0.1) is 0 Å². The molecule has 1 amide bonds. The van der Waals surface area contributed by atoms with E-state index >= 15 is 0 Å². The Balaban J connectivity index is 1.87. The number of benzene rings is 2. The molecule has 0 saturated heterocycles. The lowest BCUT2D eigenvalue weighted by molar-refractivity contribution is -0.139. The van der Waals surface area contributed by atoms with E-state index < -0.39 is 42.1 Å². The number of aliphatic hydroxyl groups excluding tert-OH is 2. The van der Waals surface area contributed by atoms with Gasteiger partial charge in [0.05, 0.1) is 25.2 Å². The number of aliphatic carboxylic acids is 1. The fourth-order valence-corrected chi connectivity index (χ4v) is 5.28. The number of hydrogen-bond acceptors (Lipinski definition) is 6. The van der Waals surface area contributed by atoms with E-state index in [2.05, 4.69) is 10.5 Å². The summed E-state index contributed by atoms with van der Waals surface area (Å²) in [6.45, 7) is 5.63. The van der Waals surface area contributed by atoms with Crippen LogP contribution in [0, 0.1) is 18.6 Å². The fourth-order valence-electron chi connectivity index (χ4n) is 5.28. The van der Waals surface area contributed by atoms with Crippen molar-refractivity contribution < 1.29 is 38.2 Å². The van der Waals surface area contributed by atoms with Crippen molar-refractivity contribution >= 4 is 11.9 Å². The van der Waals surface area contributed by atoms with Gasteiger partial charge in [0, 0.05) is 28.9 Å². The van der Waals surface area contributed by atoms with E-state index in [1.165, 1.54) is 24.3 Å². The van der Waals surface area contributed by atoms with E-state index in [1.54, 1.807) is 37.3 Å². The molecule has 4 rings (SSSR count). The van der Waals surface area contributed by atoms with Gasteiger partial charge in [-0.3, -0.25) is 9.59 Å². The van der Waals surface area contributed by atoms with Crippen molar-refractivity contribution in [3.8, 4) is 22.3 Å². The maximum absolute atomic E-state index is 14.0. The number of aliphatic hydroxyl groups is 2. The maximum Gasteiger partial charge on any atom is 0.305 e. The highest BCUT2D eigenvalue weighted by atomic mass is 19.1. The molecule has 4 aromatic rings. The summed E-state index contributed by atoms with van der Waals surface area (Å²) in [7, 11) is 0. The third-order valence-corrected chi connectivity index (χ3v) is 7.08. The number of hydrogen-bond donors (Lipinski definition) is 4. The molecule has 0 fully saturated rings. The predicted octanol–water partition coefficient (Wildman–Crippen LogP) is 5.43. The molecule has 2 heterocycles. The lowest BCUT2D eigenvalue weighted by atomic mass is 9.92. The Bertz CT molecular complexity index is 1560. The molecular weight excluding hydrogens is 560 g/mol. The topological polar surface area (TPSA) is 138 Å².